The van der Waals surface area contributed by atoms with Crippen LogP contribution in [0.2, 0.25) is 0 Å². The molecule has 0 spiro atoms. The van der Waals surface area contributed by atoms with E-state index in [4.69, 9.17) is 9.15 Å². The lowest BCUT2D eigenvalue weighted by molar-refractivity contribution is -0.116. The first kappa shape index (κ1) is 16.7. The summed E-state index contributed by atoms with van der Waals surface area (Å²) in [5.41, 5.74) is 1.63. The van der Waals surface area contributed by atoms with Crippen molar-refractivity contribution in [1.29, 1.82) is 0 Å². The molecule has 26 heavy (non-hydrogen) atoms. The fourth-order valence-electron chi connectivity index (χ4n) is 2.40. The zero-order valence-corrected chi connectivity index (χ0v) is 15.4. The maximum absolute atomic E-state index is 12.2. The molecule has 0 bridgehead atoms. The van der Waals surface area contributed by atoms with Crippen molar-refractivity contribution >= 4 is 43.9 Å². The molecule has 0 aliphatic rings. The minimum Gasteiger partial charge on any atom is -0.494 e. The van der Waals surface area contributed by atoms with Crippen molar-refractivity contribution in [2.24, 2.45) is 0 Å². The second-order valence-corrected chi connectivity index (χ2v) is 7.20. The van der Waals surface area contributed by atoms with Crippen LogP contribution in [0, 0.1) is 0 Å². The van der Waals surface area contributed by atoms with Gasteiger partial charge in [0.25, 0.3) is 0 Å². The lowest BCUT2D eigenvalue weighted by atomic mass is 10.3. The van der Waals surface area contributed by atoms with E-state index in [0.29, 0.717) is 29.1 Å². The molecule has 0 saturated heterocycles. The highest BCUT2D eigenvalue weighted by Crippen LogP contribution is 2.32. The number of thiophene rings is 1. The molecule has 0 atom stereocenters. The van der Waals surface area contributed by atoms with Crippen molar-refractivity contribution in [2.75, 3.05) is 12.4 Å². The van der Waals surface area contributed by atoms with Crippen LogP contribution in [0.15, 0.2) is 39.4 Å². The second-order valence-electron chi connectivity index (χ2n) is 5.39. The number of carbonyl (C=O) groups is 1. The van der Waals surface area contributed by atoms with Gasteiger partial charge in [-0.3, -0.25) is 4.79 Å². The van der Waals surface area contributed by atoms with Crippen molar-refractivity contribution < 1.29 is 13.9 Å². The van der Waals surface area contributed by atoms with Gasteiger partial charge in [-0.15, -0.1) is 10.2 Å². The Bertz CT molecular complexity index is 1040. The third-order valence-corrected chi connectivity index (χ3v) is 5.27. The van der Waals surface area contributed by atoms with Gasteiger partial charge in [0.15, 0.2) is 5.13 Å². The molecular weight excluding hydrogens is 372 g/mol. The number of anilines is 1. The molecule has 1 aromatic carbocycles. The monoisotopic (exact) mass is 386 g/mol. The van der Waals surface area contributed by atoms with Crippen LogP contribution in [-0.4, -0.2) is 28.2 Å². The normalized spacial score (nSPS) is 11.0. The maximum Gasteiger partial charge on any atom is 0.248 e. The number of ether oxygens (including phenoxy) is 1. The number of rotatable bonds is 6. The quantitative estimate of drug-likeness (QED) is 0.539. The number of aryl methyl sites for hydroxylation is 1. The van der Waals surface area contributed by atoms with Crippen molar-refractivity contribution in [3.05, 3.63) is 40.9 Å². The van der Waals surface area contributed by atoms with Gasteiger partial charge in [-0.2, -0.15) is 11.3 Å². The van der Waals surface area contributed by atoms with Gasteiger partial charge in [-0.25, -0.2) is 4.98 Å². The predicted molar refractivity (Wildman–Crippen MR) is 101 cm³/mol. The Balaban J connectivity index is 1.38. The molecule has 132 valence electrons. The van der Waals surface area contributed by atoms with E-state index in [2.05, 4.69) is 20.5 Å². The van der Waals surface area contributed by atoms with E-state index in [1.807, 2.05) is 35.0 Å². The summed E-state index contributed by atoms with van der Waals surface area (Å²) in [6.45, 7) is 0. The maximum atomic E-state index is 12.2. The minimum absolute atomic E-state index is 0.154. The van der Waals surface area contributed by atoms with Gasteiger partial charge in [-0.05, 0) is 23.6 Å². The average molecular weight is 386 g/mol. The topological polar surface area (TPSA) is 90.1 Å². The van der Waals surface area contributed by atoms with Gasteiger partial charge >= 0.3 is 0 Å². The van der Waals surface area contributed by atoms with Crippen molar-refractivity contribution in [1.82, 2.24) is 15.2 Å². The van der Waals surface area contributed by atoms with E-state index in [1.165, 1.54) is 11.3 Å². The molecule has 0 saturated carbocycles. The highest BCUT2D eigenvalue weighted by atomic mass is 32.1. The van der Waals surface area contributed by atoms with Gasteiger partial charge in [0.05, 0.1) is 11.8 Å². The molecule has 1 N–H and O–H groups in total. The number of hydrogen-bond acceptors (Lipinski definition) is 8. The average Bonchev–Trinajstić information content (AvgIpc) is 3.38. The number of para-hydroxylation sites is 1. The Morgan fingerprint density at radius 2 is 2.23 bits per heavy atom. The number of thiazole rings is 1. The highest BCUT2D eigenvalue weighted by molar-refractivity contribution is 7.22. The summed E-state index contributed by atoms with van der Waals surface area (Å²) in [7, 11) is 1.60. The number of hydrogen-bond donors (Lipinski definition) is 1. The van der Waals surface area contributed by atoms with Gasteiger partial charge in [0, 0.05) is 23.8 Å². The number of benzene rings is 1. The summed E-state index contributed by atoms with van der Waals surface area (Å²) >= 11 is 2.97. The predicted octanol–water partition coefficient (Wildman–Crippen LogP) is 3.99. The minimum atomic E-state index is -0.154. The molecule has 4 aromatic rings. The molecule has 0 aliphatic heterocycles. The van der Waals surface area contributed by atoms with E-state index in [-0.39, 0.29) is 12.3 Å². The largest absolute Gasteiger partial charge is 0.494 e. The molecule has 3 heterocycles. The third kappa shape index (κ3) is 3.44. The number of fused-ring (bicyclic) bond motifs is 1. The van der Waals surface area contributed by atoms with Gasteiger partial charge < -0.3 is 14.5 Å². The Morgan fingerprint density at radius 3 is 3.04 bits per heavy atom. The standard InChI is InChI=1S/C17H14N4O3S2/c1-23-11-3-2-4-12-15(11)19-17(26-12)18-13(22)5-6-14-20-21-16(24-14)10-7-8-25-9-10/h2-4,7-9H,5-6H2,1H3,(H,18,19,22). The SMILES string of the molecule is COc1cccc2sc(NC(=O)CCc3nnc(-c4ccsc4)o3)nc12. The Kier molecular flexibility index (Phi) is 4.63. The van der Waals surface area contributed by atoms with Crippen LogP contribution < -0.4 is 10.1 Å². The summed E-state index contributed by atoms with van der Waals surface area (Å²) in [5, 5.41) is 15.2. The summed E-state index contributed by atoms with van der Waals surface area (Å²) in [4.78, 5) is 16.6. The Morgan fingerprint density at radius 1 is 1.31 bits per heavy atom. The first-order valence-corrected chi connectivity index (χ1v) is 9.57. The number of aromatic nitrogens is 3. The molecule has 0 radical (unpaired) electrons. The summed E-state index contributed by atoms with van der Waals surface area (Å²) < 4.78 is 11.8. The van der Waals surface area contributed by atoms with E-state index in [1.54, 1.807) is 18.4 Å². The van der Waals surface area contributed by atoms with Crippen LogP contribution in [0.1, 0.15) is 12.3 Å². The molecule has 3 aromatic heterocycles. The number of nitrogens with zero attached hydrogens (tertiary/aromatic N) is 3. The van der Waals surface area contributed by atoms with Crippen molar-refractivity contribution in [3.63, 3.8) is 0 Å². The fraction of sp³-hybridized carbons (Fsp3) is 0.176. The number of carbonyl (C=O) groups excluding carboxylic acids is 1. The van der Waals surface area contributed by atoms with E-state index in [0.717, 1.165) is 15.8 Å². The van der Waals surface area contributed by atoms with Crippen LogP contribution >= 0.6 is 22.7 Å². The number of nitrogens with one attached hydrogen (secondary N) is 1. The van der Waals surface area contributed by atoms with Gasteiger partial charge in [0.2, 0.25) is 17.7 Å². The van der Waals surface area contributed by atoms with Crippen LogP contribution in [0.25, 0.3) is 21.7 Å². The second kappa shape index (κ2) is 7.22. The van der Waals surface area contributed by atoms with Crippen LogP contribution in [-0.2, 0) is 11.2 Å². The van der Waals surface area contributed by atoms with Crippen LogP contribution in [0.4, 0.5) is 5.13 Å². The summed E-state index contributed by atoms with van der Waals surface area (Å²) in [5.74, 6) is 1.44. The molecule has 0 fully saturated rings. The Labute approximate surface area is 156 Å². The first-order chi connectivity index (χ1) is 12.7. The summed E-state index contributed by atoms with van der Waals surface area (Å²) in [6.07, 6.45) is 0.607. The van der Waals surface area contributed by atoms with E-state index < -0.39 is 0 Å². The zero-order chi connectivity index (χ0) is 17.9. The number of amides is 1. The van der Waals surface area contributed by atoms with Crippen molar-refractivity contribution in [2.45, 2.75) is 12.8 Å². The first-order valence-electron chi connectivity index (χ1n) is 7.81. The highest BCUT2D eigenvalue weighted by Gasteiger charge is 2.13. The molecule has 1 amide bonds. The smallest absolute Gasteiger partial charge is 0.248 e. The van der Waals surface area contributed by atoms with Gasteiger partial charge in [-0.1, -0.05) is 17.4 Å². The van der Waals surface area contributed by atoms with E-state index in [9.17, 15) is 4.79 Å². The van der Waals surface area contributed by atoms with Gasteiger partial charge in [0.1, 0.15) is 11.3 Å². The molecule has 7 nitrogen and oxygen atoms in total. The molecule has 0 aliphatic carbocycles. The van der Waals surface area contributed by atoms with Crippen LogP contribution in [0.5, 0.6) is 5.75 Å². The lowest BCUT2D eigenvalue weighted by Crippen LogP contribution is -2.12. The third-order valence-electron chi connectivity index (χ3n) is 3.65. The zero-order valence-electron chi connectivity index (χ0n) is 13.8. The number of methoxy groups -OCH3 is 1. The Hall–Kier alpha value is -2.78. The molecule has 9 heteroatoms. The van der Waals surface area contributed by atoms with Crippen molar-refractivity contribution in [3.8, 4) is 17.2 Å². The summed E-state index contributed by atoms with van der Waals surface area (Å²) in [6, 6.07) is 7.59. The van der Waals surface area contributed by atoms with E-state index >= 15 is 0 Å². The fourth-order valence-corrected chi connectivity index (χ4v) is 3.93. The van der Waals surface area contributed by atoms with Crippen LogP contribution in [0.3, 0.4) is 0 Å². The molecule has 4 rings (SSSR count). The molecular formula is C17H14N4O3S2. The molecule has 0 unspecified atom stereocenters. The lowest BCUT2D eigenvalue weighted by Gasteiger charge is -1.99.